The molecule has 2 aromatic rings. The molecule has 412 valence electrons. The summed E-state index contributed by atoms with van der Waals surface area (Å²) in [6.45, 7) is 5.73. The summed E-state index contributed by atoms with van der Waals surface area (Å²) < 4.78 is 16.8. The summed E-state index contributed by atoms with van der Waals surface area (Å²) >= 11 is 0. The fourth-order valence-corrected chi connectivity index (χ4v) is 8.78. The normalized spacial score (nSPS) is 12.8. The van der Waals surface area contributed by atoms with Crippen molar-refractivity contribution in [2.45, 2.75) is 264 Å². The van der Waals surface area contributed by atoms with E-state index in [2.05, 4.69) is 29.8 Å². The van der Waals surface area contributed by atoms with E-state index >= 15 is 0 Å². The molecule has 0 radical (unpaired) electrons. The van der Waals surface area contributed by atoms with Crippen molar-refractivity contribution in [2.24, 2.45) is 0 Å². The quantitative estimate of drug-likeness (QED) is 0.0282. The predicted octanol–water partition coefficient (Wildman–Crippen LogP) is 12.4. The van der Waals surface area contributed by atoms with Crippen molar-refractivity contribution in [3.8, 4) is 0 Å². The Morgan fingerprint density at radius 3 is 1.42 bits per heavy atom. The average molecular weight is 1020 g/mol. The molecule has 0 spiro atoms. The van der Waals surface area contributed by atoms with Gasteiger partial charge in [-0.3, -0.25) is 24.0 Å². The van der Waals surface area contributed by atoms with Crippen LogP contribution in [0.3, 0.4) is 0 Å². The lowest BCUT2D eigenvalue weighted by Crippen LogP contribution is -2.56. The maximum atomic E-state index is 13.6. The van der Waals surface area contributed by atoms with Gasteiger partial charge in [0.2, 0.25) is 17.7 Å². The van der Waals surface area contributed by atoms with Crippen LogP contribution in [0.25, 0.3) is 0 Å². The fourth-order valence-electron chi connectivity index (χ4n) is 8.78. The molecule has 0 fully saturated rings. The molecule has 13 heteroatoms. The third-order valence-corrected chi connectivity index (χ3v) is 13.3. The van der Waals surface area contributed by atoms with Gasteiger partial charge in [0.15, 0.2) is 0 Å². The van der Waals surface area contributed by atoms with Crippen LogP contribution in [0.4, 0.5) is 0 Å². The zero-order valence-electron chi connectivity index (χ0n) is 45.5. The molecule has 2 aromatic carbocycles. The SMILES string of the molecule is CCCCCCCCCCCCCCCC(=O)OC(CCCCCCCCCCCCCCC)CC(=O)NCCC(=O)N[C@H](C(=O)N[C@@H](CCC(=O)OCc1ccccc1)C(=O)OCc1ccccc1)C(C)O. The number of hydrogen-bond donors (Lipinski definition) is 4. The van der Waals surface area contributed by atoms with E-state index in [9.17, 15) is 33.9 Å². The second-order valence-corrected chi connectivity index (χ2v) is 20.1. The van der Waals surface area contributed by atoms with Gasteiger partial charge >= 0.3 is 17.9 Å². The van der Waals surface area contributed by atoms with Crippen LogP contribution < -0.4 is 16.0 Å². The van der Waals surface area contributed by atoms with Gasteiger partial charge in [-0.25, -0.2) is 4.79 Å². The second kappa shape index (κ2) is 43.6. The molecular weight excluding hydrogens is 923 g/mol. The highest BCUT2D eigenvalue weighted by molar-refractivity contribution is 5.91. The molecule has 2 unspecified atom stereocenters. The lowest BCUT2D eigenvalue weighted by atomic mass is 10.0. The maximum absolute atomic E-state index is 13.6. The Bertz CT molecular complexity index is 1740. The Morgan fingerprint density at radius 1 is 0.493 bits per heavy atom. The van der Waals surface area contributed by atoms with Crippen LogP contribution in [0.2, 0.25) is 0 Å². The molecule has 0 heterocycles. The summed E-state index contributed by atoms with van der Waals surface area (Å²) in [6, 6.07) is 15.3. The highest BCUT2D eigenvalue weighted by Crippen LogP contribution is 2.18. The highest BCUT2D eigenvalue weighted by Gasteiger charge is 2.31. The molecule has 0 bridgehead atoms. The number of rotatable bonds is 46. The Balaban J connectivity index is 1.87. The van der Waals surface area contributed by atoms with E-state index in [0.717, 1.165) is 49.7 Å². The van der Waals surface area contributed by atoms with E-state index in [1.54, 1.807) is 24.3 Å². The van der Waals surface area contributed by atoms with Crippen LogP contribution in [0, 0.1) is 0 Å². The number of aliphatic hydroxyl groups excluding tert-OH is 1. The van der Waals surface area contributed by atoms with Gasteiger partial charge in [-0.1, -0.05) is 229 Å². The highest BCUT2D eigenvalue weighted by atomic mass is 16.5. The van der Waals surface area contributed by atoms with E-state index < -0.39 is 48.0 Å². The topological polar surface area (TPSA) is 186 Å². The van der Waals surface area contributed by atoms with Crippen molar-refractivity contribution in [1.82, 2.24) is 16.0 Å². The Morgan fingerprint density at radius 2 is 0.945 bits per heavy atom. The standard InChI is InChI=1S/C60H97N3O10/c1-4-6-8-10-12-14-16-18-20-22-24-26-34-40-52(73-57(68)41-35-27-25-23-21-19-17-15-13-11-9-7-5-2)46-55(66)61-45-44-54(65)63-58(49(3)64)59(69)62-53(60(70)72-48-51-38-32-29-33-39-51)42-43-56(67)71-47-50-36-30-28-31-37-50/h28-33,36-39,49,52-53,58,64H,4-27,34-35,40-48H2,1-3H3,(H,61,66)(H,62,69)(H,63,65)/t49?,52?,53-,58-/m0/s1. The van der Waals surface area contributed by atoms with Crippen LogP contribution in [-0.2, 0) is 56.2 Å². The minimum absolute atomic E-state index is 0.0233. The third kappa shape index (κ3) is 35.1. The van der Waals surface area contributed by atoms with E-state index in [0.29, 0.717) is 12.8 Å². The van der Waals surface area contributed by atoms with Gasteiger partial charge in [0, 0.05) is 25.8 Å². The molecule has 0 aliphatic heterocycles. The van der Waals surface area contributed by atoms with Crippen LogP contribution in [0.5, 0.6) is 0 Å². The van der Waals surface area contributed by atoms with Gasteiger partial charge in [-0.15, -0.1) is 0 Å². The zero-order valence-corrected chi connectivity index (χ0v) is 45.5. The van der Waals surface area contributed by atoms with Crippen molar-refractivity contribution in [2.75, 3.05) is 6.54 Å². The fraction of sp³-hybridized carbons (Fsp3) is 0.700. The molecule has 0 aliphatic rings. The van der Waals surface area contributed by atoms with E-state index in [4.69, 9.17) is 14.2 Å². The van der Waals surface area contributed by atoms with Gasteiger partial charge in [0.05, 0.1) is 12.5 Å². The van der Waals surface area contributed by atoms with Crippen LogP contribution in [0.1, 0.15) is 237 Å². The first-order valence-electron chi connectivity index (χ1n) is 28.7. The van der Waals surface area contributed by atoms with Gasteiger partial charge in [-0.05, 0) is 43.7 Å². The van der Waals surface area contributed by atoms with Gasteiger partial charge in [0.1, 0.15) is 31.4 Å². The van der Waals surface area contributed by atoms with Crippen molar-refractivity contribution < 1.29 is 48.1 Å². The predicted molar refractivity (Wildman–Crippen MR) is 290 cm³/mol. The van der Waals surface area contributed by atoms with Gasteiger partial charge in [0.25, 0.3) is 0 Å². The van der Waals surface area contributed by atoms with Crippen molar-refractivity contribution in [3.63, 3.8) is 0 Å². The minimum atomic E-state index is -1.46. The average Bonchev–Trinajstić information content (AvgIpc) is 3.38. The summed E-state index contributed by atoms with van der Waals surface area (Å²) in [5.41, 5.74) is 1.51. The zero-order chi connectivity index (χ0) is 53.0. The van der Waals surface area contributed by atoms with E-state index in [1.165, 1.54) is 135 Å². The van der Waals surface area contributed by atoms with Gasteiger partial charge < -0.3 is 35.3 Å². The number of amides is 3. The number of esters is 3. The Labute approximate surface area is 440 Å². The molecule has 2 rings (SSSR count). The molecule has 0 aromatic heterocycles. The Hall–Kier alpha value is -4.78. The minimum Gasteiger partial charge on any atom is -0.462 e. The smallest absolute Gasteiger partial charge is 0.328 e. The van der Waals surface area contributed by atoms with Crippen molar-refractivity contribution in [3.05, 3.63) is 71.8 Å². The molecule has 4 atom stereocenters. The summed E-state index contributed by atoms with van der Waals surface area (Å²) in [5.74, 6) is -3.51. The van der Waals surface area contributed by atoms with Crippen molar-refractivity contribution >= 4 is 35.6 Å². The number of carbonyl (C=O) groups is 6. The number of carbonyl (C=O) groups excluding carboxylic acids is 6. The molecular formula is C60H97N3O10. The number of benzene rings is 2. The number of hydrogen-bond acceptors (Lipinski definition) is 10. The third-order valence-electron chi connectivity index (χ3n) is 13.3. The molecule has 0 saturated carbocycles. The molecule has 3 amide bonds. The lowest BCUT2D eigenvalue weighted by Gasteiger charge is -2.24. The van der Waals surface area contributed by atoms with E-state index in [-0.39, 0.29) is 57.3 Å². The maximum Gasteiger partial charge on any atom is 0.328 e. The molecule has 13 nitrogen and oxygen atoms in total. The number of unbranched alkanes of at least 4 members (excludes halogenated alkanes) is 24. The molecule has 4 N–H and O–H groups in total. The van der Waals surface area contributed by atoms with E-state index in [1.807, 2.05) is 36.4 Å². The lowest BCUT2D eigenvalue weighted by molar-refractivity contribution is -0.152. The summed E-state index contributed by atoms with van der Waals surface area (Å²) in [7, 11) is 0. The largest absolute Gasteiger partial charge is 0.462 e. The van der Waals surface area contributed by atoms with Crippen molar-refractivity contribution in [1.29, 1.82) is 0 Å². The van der Waals surface area contributed by atoms with Crippen LogP contribution in [-0.4, -0.2) is 71.6 Å². The molecule has 0 saturated heterocycles. The first kappa shape index (κ1) is 64.3. The summed E-state index contributed by atoms with van der Waals surface area (Å²) in [5, 5.41) is 18.4. The number of ether oxygens (including phenoxy) is 3. The monoisotopic (exact) mass is 1020 g/mol. The molecule has 73 heavy (non-hydrogen) atoms. The second-order valence-electron chi connectivity index (χ2n) is 20.1. The van der Waals surface area contributed by atoms with Crippen LogP contribution in [0.15, 0.2) is 60.7 Å². The molecule has 0 aliphatic carbocycles. The summed E-state index contributed by atoms with van der Waals surface area (Å²) in [4.78, 5) is 78.9. The first-order chi connectivity index (χ1) is 35.5. The first-order valence-corrected chi connectivity index (χ1v) is 28.7. The number of aliphatic hydroxyl groups is 1. The van der Waals surface area contributed by atoms with Gasteiger partial charge in [-0.2, -0.15) is 0 Å². The Kier molecular flexibility index (Phi) is 38.4. The number of nitrogens with one attached hydrogen (secondary N) is 3. The van der Waals surface area contributed by atoms with Crippen LogP contribution >= 0.6 is 0 Å². The summed E-state index contributed by atoms with van der Waals surface area (Å²) in [6.07, 6.45) is 30.0.